The SMILES string of the molecule is CCCCC(C)B[N+](=O)[O-]. The van der Waals surface area contributed by atoms with E-state index in [4.69, 9.17) is 0 Å². The van der Waals surface area contributed by atoms with Crippen LogP contribution in [0.25, 0.3) is 0 Å². The molecule has 1 unspecified atom stereocenters. The lowest BCUT2D eigenvalue weighted by Crippen LogP contribution is -2.10. The van der Waals surface area contributed by atoms with Crippen molar-refractivity contribution in [3.63, 3.8) is 0 Å². The van der Waals surface area contributed by atoms with Crippen LogP contribution in [0.2, 0.25) is 5.82 Å². The van der Waals surface area contributed by atoms with Crippen LogP contribution in [-0.2, 0) is 0 Å². The van der Waals surface area contributed by atoms with Gasteiger partial charge in [-0.15, -0.1) is 0 Å². The summed E-state index contributed by atoms with van der Waals surface area (Å²) in [6.45, 7) is 4.03. The van der Waals surface area contributed by atoms with Gasteiger partial charge in [-0.3, -0.25) is 10.1 Å². The third-order valence-electron chi connectivity index (χ3n) is 1.51. The maximum absolute atomic E-state index is 9.98. The fraction of sp³-hybridized carbons (Fsp3) is 1.00. The molecular formula is C6H14BNO2. The van der Waals surface area contributed by atoms with Crippen LogP contribution in [0.1, 0.15) is 33.1 Å². The lowest BCUT2D eigenvalue weighted by atomic mass is 9.75. The van der Waals surface area contributed by atoms with E-state index in [0.717, 1.165) is 19.3 Å². The number of rotatable bonds is 5. The van der Waals surface area contributed by atoms with E-state index >= 15 is 0 Å². The Kier molecular flexibility index (Phi) is 4.98. The molecule has 0 rings (SSSR count). The summed E-state index contributed by atoms with van der Waals surface area (Å²) in [5, 5.41) is 9.98. The molecule has 0 saturated heterocycles. The summed E-state index contributed by atoms with van der Waals surface area (Å²) in [5.41, 5.74) is 0. The number of unbranched alkanes of at least 4 members (excludes halogenated alkanes) is 1. The van der Waals surface area contributed by atoms with Crippen LogP contribution >= 0.6 is 0 Å². The Morgan fingerprint density at radius 3 is 2.70 bits per heavy atom. The lowest BCUT2D eigenvalue weighted by molar-refractivity contribution is -0.323. The standard InChI is InChI=1S/C6H14BNO2/c1-3-4-5-6(2)7-8(9)10/h6-7H,3-5H2,1-2H3. The quantitative estimate of drug-likeness (QED) is 0.333. The minimum absolute atomic E-state index is 0.125. The molecule has 0 amide bonds. The highest BCUT2D eigenvalue weighted by Gasteiger charge is 2.14. The largest absolute Gasteiger partial charge is 0.537 e. The van der Waals surface area contributed by atoms with E-state index in [2.05, 4.69) is 6.92 Å². The molecular weight excluding hydrogens is 129 g/mol. The maximum Gasteiger partial charge on any atom is 0.537 e. The van der Waals surface area contributed by atoms with Crippen LogP contribution in [-0.4, -0.2) is 12.2 Å². The highest BCUT2D eigenvalue weighted by Crippen LogP contribution is 2.11. The average Bonchev–Trinajstić information content (AvgIpc) is 1.82. The van der Waals surface area contributed by atoms with Crippen LogP contribution < -0.4 is 0 Å². The zero-order valence-electron chi connectivity index (χ0n) is 6.67. The zero-order chi connectivity index (χ0) is 7.98. The number of nitrogens with zero attached hydrogens (tertiary/aromatic N) is 1. The van der Waals surface area contributed by atoms with Crippen molar-refractivity contribution >= 4 is 7.41 Å². The fourth-order valence-electron chi connectivity index (χ4n) is 0.898. The van der Waals surface area contributed by atoms with E-state index in [-0.39, 0.29) is 18.1 Å². The van der Waals surface area contributed by atoms with Gasteiger partial charge in [0.25, 0.3) is 0 Å². The number of nitro groups is 1. The maximum atomic E-state index is 9.98. The molecule has 0 aliphatic heterocycles. The van der Waals surface area contributed by atoms with Gasteiger partial charge >= 0.3 is 7.41 Å². The summed E-state index contributed by atoms with van der Waals surface area (Å²) in [4.78, 5) is 9.74. The Morgan fingerprint density at radius 2 is 2.30 bits per heavy atom. The van der Waals surface area contributed by atoms with Crippen molar-refractivity contribution in [1.29, 1.82) is 0 Å². The Bertz CT molecular complexity index is 108. The summed E-state index contributed by atoms with van der Waals surface area (Å²) in [5.74, 6) is 0.245. The lowest BCUT2D eigenvalue weighted by Gasteiger charge is -2.00. The predicted octanol–water partition coefficient (Wildman–Crippen LogP) is 1.61. The summed E-state index contributed by atoms with van der Waals surface area (Å²) >= 11 is 0. The third kappa shape index (κ3) is 5.60. The molecule has 4 heteroatoms. The molecule has 0 N–H and O–H groups in total. The third-order valence-corrected chi connectivity index (χ3v) is 1.51. The first-order chi connectivity index (χ1) is 4.66. The molecule has 0 saturated carbocycles. The smallest absolute Gasteiger partial charge is 0.294 e. The minimum Gasteiger partial charge on any atom is -0.294 e. The zero-order valence-corrected chi connectivity index (χ0v) is 6.67. The first-order valence-corrected chi connectivity index (χ1v) is 3.78. The van der Waals surface area contributed by atoms with Gasteiger partial charge in [-0.2, -0.15) is 0 Å². The molecule has 0 heterocycles. The molecule has 0 aliphatic rings. The van der Waals surface area contributed by atoms with Crippen LogP contribution in [0.4, 0.5) is 0 Å². The fourth-order valence-corrected chi connectivity index (χ4v) is 0.898. The Hall–Kier alpha value is -0.535. The molecule has 1 atom stereocenters. The van der Waals surface area contributed by atoms with Crippen LogP contribution in [0, 0.1) is 10.1 Å². The normalized spacial score (nSPS) is 12.6. The van der Waals surface area contributed by atoms with Gasteiger partial charge in [-0.25, -0.2) is 0 Å². The second kappa shape index (κ2) is 5.27. The van der Waals surface area contributed by atoms with Crippen molar-refractivity contribution in [1.82, 2.24) is 0 Å². The van der Waals surface area contributed by atoms with Crippen molar-refractivity contribution in [2.24, 2.45) is 0 Å². The van der Waals surface area contributed by atoms with Crippen LogP contribution in [0.15, 0.2) is 0 Å². The van der Waals surface area contributed by atoms with Gasteiger partial charge in [0, 0.05) is 5.82 Å². The van der Waals surface area contributed by atoms with Gasteiger partial charge in [0.15, 0.2) is 0 Å². The molecule has 0 radical (unpaired) electrons. The molecule has 0 aromatic rings. The summed E-state index contributed by atoms with van der Waals surface area (Å²) in [6, 6.07) is 0. The van der Waals surface area contributed by atoms with Gasteiger partial charge < -0.3 is 0 Å². The first kappa shape index (κ1) is 9.46. The van der Waals surface area contributed by atoms with E-state index in [0.29, 0.717) is 0 Å². The second-order valence-electron chi connectivity index (χ2n) is 2.76. The van der Waals surface area contributed by atoms with E-state index in [9.17, 15) is 10.1 Å². The molecule has 10 heavy (non-hydrogen) atoms. The van der Waals surface area contributed by atoms with Crippen LogP contribution in [0.3, 0.4) is 0 Å². The van der Waals surface area contributed by atoms with E-state index in [1.165, 1.54) is 0 Å². The Labute approximate surface area is 62.2 Å². The molecule has 0 aromatic carbocycles. The molecule has 0 bridgehead atoms. The second-order valence-corrected chi connectivity index (χ2v) is 2.76. The Balaban J connectivity index is 3.25. The predicted molar refractivity (Wildman–Crippen MR) is 43.1 cm³/mol. The number of hydrogen-bond acceptors (Lipinski definition) is 2. The molecule has 0 aromatic heterocycles. The van der Waals surface area contributed by atoms with E-state index < -0.39 is 0 Å². The first-order valence-electron chi connectivity index (χ1n) is 3.78. The van der Waals surface area contributed by atoms with Gasteiger partial charge in [0.2, 0.25) is 0 Å². The average molecular weight is 143 g/mol. The summed E-state index contributed by atoms with van der Waals surface area (Å²) in [6.07, 6.45) is 3.22. The molecule has 3 nitrogen and oxygen atoms in total. The highest BCUT2D eigenvalue weighted by atomic mass is 16.6. The van der Waals surface area contributed by atoms with Crippen molar-refractivity contribution in [3.05, 3.63) is 10.1 Å². The van der Waals surface area contributed by atoms with Crippen molar-refractivity contribution in [2.75, 3.05) is 0 Å². The number of hydrogen-bond donors (Lipinski definition) is 0. The van der Waals surface area contributed by atoms with Crippen molar-refractivity contribution in [3.8, 4) is 0 Å². The monoisotopic (exact) mass is 143 g/mol. The van der Waals surface area contributed by atoms with Crippen molar-refractivity contribution < 1.29 is 4.83 Å². The van der Waals surface area contributed by atoms with Gasteiger partial charge in [0.1, 0.15) is 0 Å². The minimum atomic E-state index is -0.236. The molecule has 0 aliphatic carbocycles. The summed E-state index contributed by atoms with van der Waals surface area (Å²) < 4.78 is 0. The molecule has 0 fully saturated rings. The van der Waals surface area contributed by atoms with Gasteiger partial charge in [-0.05, 0) is 0 Å². The van der Waals surface area contributed by atoms with E-state index in [1.54, 1.807) is 0 Å². The molecule has 58 valence electrons. The van der Waals surface area contributed by atoms with Crippen molar-refractivity contribution in [2.45, 2.75) is 38.9 Å². The molecule has 0 spiro atoms. The summed E-state index contributed by atoms with van der Waals surface area (Å²) in [7, 11) is 0.125. The van der Waals surface area contributed by atoms with Gasteiger partial charge in [0.05, 0.1) is 0 Å². The Morgan fingerprint density at radius 1 is 1.70 bits per heavy atom. The van der Waals surface area contributed by atoms with Gasteiger partial charge in [-0.1, -0.05) is 37.9 Å². The van der Waals surface area contributed by atoms with Crippen LogP contribution in [0.5, 0.6) is 0 Å². The van der Waals surface area contributed by atoms with E-state index in [1.807, 2.05) is 6.92 Å². The topological polar surface area (TPSA) is 43.1 Å². The highest BCUT2D eigenvalue weighted by molar-refractivity contribution is 6.27.